The van der Waals surface area contributed by atoms with Gasteiger partial charge in [-0.15, -0.1) is 0 Å². The number of alkyl halides is 4. The van der Waals surface area contributed by atoms with Gasteiger partial charge in [-0.2, -0.15) is 18.2 Å². The van der Waals surface area contributed by atoms with Crippen molar-refractivity contribution in [2.24, 2.45) is 0 Å². The Balaban J connectivity index is 1.48. The number of fused-ring (bicyclic) bond motifs is 2. The molecular weight excluding hydrogens is 533 g/mol. The van der Waals surface area contributed by atoms with Gasteiger partial charge in [0.25, 0.3) is 5.56 Å². The fourth-order valence-electron chi connectivity index (χ4n) is 5.32. The third-order valence-electron chi connectivity index (χ3n) is 7.68. The molecule has 210 valence electrons. The highest BCUT2D eigenvalue weighted by Gasteiger charge is 2.46. The van der Waals surface area contributed by atoms with Crippen LogP contribution < -0.4 is 16.2 Å². The number of hydrogen-bond acceptors (Lipinski definition) is 6. The zero-order chi connectivity index (χ0) is 28.4. The first kappa shape index (κ1) is 26.4. The molecule has 1 saturated carbocycles. The molecule has 4 aromatic rings. The van der Waals surface area contributed by atoms with Crippen molar-refractivity contribution in [2.75, 3.05) is 18.5 Å². The Morgan fingerprint density at radius 2 is 1.90 bits per heavy atom. The van der Waals surface area contributed by atoms with Gasteiger partial charge in [-0.05, 0) is 75.0 Å². The minimum Gasteiger partial charge on any atom is -0.324 e. The van der Waals surface area contributed by atoms with Crippen molar-refractivity contribution in [1.29, 1.82) is 0 Å². The van der Waals surface area contributed by atoms with Crippen molar-refractivity contribution in [1.82, 2.24) is 29.6 Å². The van der Waals surface area contributed by atoms with Crippen molar-refractivity contribution in [3.63, 3.8) is 0 Å². The van der Waals surface area contributed by atoms with Crippen LogP contribution in [0, 0.1) is 5.82 Å². The van der Waals surface area contributed by atoms with Crippen LogP contribution in [-0.2, 0) is 23.9 Å². The van der Waals surface area contributed by atoms with Gasteiger partial charge >= 0.3 is 6.18 Å². The lowest BCUT2D eigenvalue weighted by Crippen LogP contribution is -2.42. The largest absolute Gasteiger partial charge is 0.408 e. The van der Waals surface area contributed by atoms with Gasteiger partial charge in [-0.1, -0.05) is 6.07 Å². The lowest BCUT2D eigenvalue weighted by Gasteiger charge is -2.34. The van der Waals surface area contributed by atoms with Crippen LogP contribution in [-0.4, -0.2) is 43.7 Å². The third-order valence-corrected chi connectivity index (χ3v) is 7.68. The number of nitrogens with zero attached hydrogens (tertiary/aromatic N) is 5. The smallest absolute Gasteiger partial charge is 0.324 e. The topological polar surface area (TPSA) is 89.7 Å². The molecule has 1 fully saturated rings. The quantitative estimate of drug-likeness (QED) is 0.330. The molecule has 2 aliphatic rings. The van der Waals surface area contributed by atoms with E-state index in [4.69, 9.17) is 0 Å². The first-order valence-corrected chi connectivity index (χ1v) is 12.8. The summed E-state index contributed by atoms with van der Waals surface area (Å²) < 4.78 is 70.6. The van der Waals surface area contributed by atoms with Gasteiger partial charge in [0.05, 0.1) is 5.69 Å². The van der Waals surface area contributed by atoms with Gasteiger partial charge in [0, 0.05) is 22.8 Å². The summed E-state index contributed by atoms with van der Waals surface area (Å²) in [5, 5.41) is 6.26. The molecule has 3 aromatic heterocycles. The molecule has 0 atom stereocenters. The summed E-state index contributed by atoms with van der Waals surface area (Å²) in [4.78, 5) is 25.8. The van der Waals surface area contributed by atoms with E-state index in [2.05, 4.69) is 39.4 Å². The van der Waals surface area contributed by atoms with Gasteiger partial charge in [-0.3, -0.25) is 9.18 Å². The molecule has 0 amide bonds. The fraction of sp³-hybridized carbons (Fsp3) is 0.407. The molecule has 1 aromatic carbocycles. The number of nitrogens with one attached hydrogen (secondary N) is 2. The van der Waals surface area contributed by atoms with Crippen molar-refractivity contribution in [3.05, 3.63) is 69.5 Å². The first-order valence-electron chi connectivity index (χ1n) is 12.8. The Morgan fingerprint density at radius 3 is 2.60 bits per heavy atom. The van der Waals surface area contributed by atoms with E-state index in [0.29, 0.717) is 27.9 Å². The number of aromatic nitrogens is 5. The molecule has 8 nitrogen and oxygen atoms in total. The SMILES string of the molecule is CC1(C)NCCc2cc(Nc3ncc4c(=O)n(CC(F)(F)F)n(-c5nc(C6(CF)CC6)ccc5F)c4n3)ccc21. The van der Waals surface area contributed by atoms with Crippen LogP contribution >= 0.6 is 0 Å². The van der Waals surface area contributed by atoms with Crippen LogP contribution in [0.5, 0.6) is 0 Å². The normalized spacial score (nSPS) is 17.6. The predicted molar refractivity (Wildman–Crippen MR) is 138 cm³/mol. The van der Waals surface area contributed by atoms with Gasteiger partial charge < -0.3 is 10.6 Å². The van der Waals surface area contributed by atoms with Crippen LogP contribution in [0.15, 0.2) is 41.3 Å². The van der Waals surface area contributed by atoms with Crippen molar-refractivity contribution >= 4 is 22.7 Å². The van der Waals surface area contributed by atoms with E-state index in [1.54, 1.807) is 0 Å². The summed E-state index contributed by atoms with van der Waals surface area (Å²) in [6.45, 7) is 2.52. The predicted octanol–water partition coefficient (Wildman–Crippen LogP) is 4.80. The van der Waals surface area contributed by atoms with Crippen LogP contribution in [0.1, 0.15) is 43.5 Å². The molecule has 0 bridgehead atoms. The standard InChI is InChI=1S/C27H26F5N7O/c1-25(2)18-4-3-16(11-15(18)7-10-34-25)35-24-33-12-17-21(37-24)39(38(23(17)40)14-27(30,31)32)22-19(29)5-6-20(36-22)26(13-28)8-9-26/h3-6,11-12,34H,7-10,13-14H2,1-2H3,(H,33,35,37). The lowest BCUT2D eigenvalue weighted by molar-refractivity contribution is -0.144. The van der Waals surface area contributed by atoms with Crippen molar-refractivity contribution < 1.29 is 22.0 Å². The second-order valence-corrected chi connectivity index (χ2v) is 10.9. The van der Waals surface area contributed by atoms with E-state index < -0.39 is 42.0 Å². The number of pyridine rings is 1. The van der Waals surface area contributed by atoms with Gasteiger partial charge in [0.2, 0.25) is 5.95 Å². The zero-order valence-electron chi connectivity index (χ0n) is 21.7. The van der Waals surface area contributed by atoms with Gasteiger partial charge in [0.1, 0.15) is 18.6 Å². The molecular formula is C27H26F5N7O. The average molecular weight is 560 g/mol. The molecule has 0 radical (unpaired) electrons. The van der Waals surface area contributed by atoms with E-state index in [-0.39, 0.29) is 28.2 Å². The molecule has 13 heteroatoms. The number of rotatable bonds is 6. The Kier molecular flexibility index (Phi) is 5.98. The number of benzene rings is 1. The monoisotopic (exact) mass is 559 g/mol. The van der Waals surface area contributed by atoms with E-state index in [9.17, 15) is 22.4 Å². The van der Waals surface area contributed by atoms with Crippen LogP contribution in [0.25, 0.3) is 16.9 Å². The van der Waals surface area contributed by atoms with E-state index >= 15 is 4.39 Å². The number of halogens is 5. The average Bonchev–Trinajstić information content (AvgIpc) is 3.65. The molecule has 0 saturated heterocycles. The highest BCUT2D eigenvalue weighted by Crippen LogP contribution is 2.48. The van der Waals surface area contributed by atoms with E-state index in [1.165, 1.54) is 6.07 Å². The van der Waals surface area contributed by atoms with E-state index in [0.717, 1.165) is 36.4 Å². The van der Waals surface area contributed by atoms with Crippen molar-refractivity contribution in [3.8, 4) is 5.82 Å². The molecule has 40 heavy (non-hydrogen) atoms. The van der Waals surface area contributed by atoms with Gasteiger partial charge in [0.15, 0.2) is 17.3 Å². The summed E-state index contributed by atoms with van der Waals surface area (Å²) in [5.74, 6) is -1.55. The molecule has 0 spiro atoms. The maximum Gasteiger partial charge on any atom is 0.408 e. The Labute approximate surface area is 225 Å². The van der Waals surface area contributed by atoms with E-state index in [1.807, 2.05) is 18.2 Å². The summed E-state index contributed by atoms with van der Waals surface area (Å²) in [5.41, 5.74) is 0.687. The Hall–Kier alpha value is -3.87. The Morgan fingerprint density at radius 1 is 1.12 bits per heavy atom. The molecule has 4 heterocycles. The Bertz CT molecular complexity index is 1690. The second kappa shape index (κ2) is 9.08. The summed E-state index contributed by atoms with van der Waals surface area (Å²) in [6, 6.07) is 8.09. The minimum atomic E-state index is -4.80. The summed E-state index contributed by atoms with van der Waals surface area (Å²) >= 11 is 0. The molecule has 2 N–H and O–H groups in total. The lowest BCUT2D eigenvalue weighted by atomic mass is 9.85. The maximum atomic E-state index is 15.2. The highest BCUT2D eigenvalue weighted by molar-refractivity contribution is 5.77. The number of anilines is 2. The fourth-order valence-corrected chi connectivity index (χ4v) is 5.32. The van der Waals surface area contributed by atoms with Gasteiger partial charge in [-0.25, -0.2) is 23.7 Å². The highest BCUT2D eigenvalue weighted by atomic mass is 19.4. The summed E-state index contributed by atoms with van der Waals surface area (Å²) in [6.07, 6.45) is -1.94. The second-order valence-electron chi connectivity index (χ2n) is 10.9. The zero-order valence-corrected chi connectivity index (χ0v) is 21.7. The van der Waals surface area contributed by atoms with Crippen molar-refractivity contribution in [2.45, 2.75) is 56.8 Å². The van der Waals surface area contributed by atoms with Crippen LogP contribution in [0.3, 0.4) is 0 Å². The minimum absolute atomic E-state index is 0.00228. The maximum absolute atomic E-state index is 15.2. The van der Waals surface area contributed by atoms with Crippen LogP contribution in [0.4, 0.5) is 33.6 Å². The summed E-state index contributed by atoms with van der Waals surface area (Å²) in [7, 11) is 0. The molecule has 1 aliphatic carbocycles. The third kappa shape index (κ3) is 4.51. The molecule has 0 unspecified atom stereocenters. The molecule has 6 rings (SSSR count). The first-order chi connectivity index (χ1) is 18.9. The number of hydrogen-bond donors (Lipinski definition) is 2. The molecule has 1 aliphatic heterocycles. The van der Waals surface area contributed by atoms with Crippen LogP contribution in [0.2, 0.25) is 0 Å².